The maximum absolute atomic E-state index is 14.7. The van der Waals surface area contributed by atoms with Gasteiger partial charge in [0.2, 0.25) is 0 Å². The zero-order valence-corrected chi connectivity index (χ0v) is 27.4. The van der Waals surface area contributed by atoms with Gasteiger partial charge in [0.1, 0.15) is 24.3 Å². The van der Waals surface area contributed by atoms with Gasteiger partial charge in [-0.3, -0.25) is 0 Å². The molecule has 240 valence electrons. The summed E-state index contributed by atoms with van der Waals surface area (Å²) < 4.78 is 5.79. The molecule has 0 saturated heterocycles. The van der Waals surface area contributed by atoms with E-state index >= 15 is 0 Å². The zero-order valence-electron chi connectivity index (χ0n) is 27.4. The molecule has 0 N–H and O–H groups in total. The van der Waals surface area contributed by atoms with Crippen molar-refractivity contribution in [1.82, 2.24) is 0 Å². The Labute approximate surface area is 299 Å². The van der Waals surface area contributed by atoms with Crippen molar-refractivity contribution in [2.45, 2.75) is 0 Å². The molecule has 0 amide bonds. The normalized spacial score (nSPS) is 11.5. The number of carbonyl (C=O) groups is 2. The molecule has 0 aromatic heterocycles. The lowest BCUT2D eigenvalue weighted by Crippen LogP contribution is -2.18. The minimum absolute atomic E-state index is 0.0164. The molecule has 0 aliphatic heterocycles. The van der Waals surface area contributed by atoms with Gasteiger partial charge in [0, 0.05) is 21.5 Å². The summed E-state index contributed by atoms with van der Waals surface area (Å²) in [7, 11) is 0. The molecule has 0 saturated carbocycles. The first-order valence-electron chi connectivity index (χ1n) is 16.7. The molecular weight excluding hydrogens is 657 g/mol. The summed E-state index contributed by atoms with van der Waals surface area (Å²) in [5, 5.41) is 53.1. The van der Waals surface area contributed by atoms with Crippen LogP contribution in [0.15, 0.2) is 109 Å². The summed E-state index contributed by atoms with van der Waals surface area (Å²) in [6, 6.07) is 42.4. The van der Waals surface area contributed by atoms with Gasteiger partial charge in [-0.15, -0.1) is 0 Å². The van der Waals surface area contributed by atoms with Gasteiger partial charge < -0.3 is 4.74 Å². The smallest absolute Gasteiger partial charge is 0.348 e. The third kappa shape index (κ3) is 3.72. The highest BCUT2D eigenvalue weighted by molar-refractivity contribution is 6.39. The zero-order chi connectivity index (χ0) is 36.1. The van der Waals surface area contributed by atoms with Crippen LogP contribution in [0.4, 0.5) is 0 Å². The molecule has 0 bridgehead atoms. The van der Waals surface area contributed by atoms with E-state index in [1.807, 2.05) is 97.1 Å². The van der Waals surface area contributed by atoms with Crippen molar-refractivity contribution in [3.63, 3.8) is 0 Å². The second-order valence-electron chi connectivity index (χ2n) is 13.0. The van der Waals surface area contributed by atoms with Crippen LogP contribution in [0.3, 0.4) is 0 Å². The van der Waals surface area contributed by atoms with Crippen LogP contribution >= 0.6 is 0 Å². The third-order valence-electron chi connectivity index (χ3n) is 10.6. The summed E-state index contributed by atoms with van der Waals surface area (Å²) in [4.78, 5) is 29.4. The first kappa shape index (κ1) is 29.8. The van der Waals surface area contributed by atoms with E-state index in [1.54, 1.807) is 12.1 Å². The number of nitriles is 4. The van der Waals surface area contributed by atoms with Crippen molar-refractivity contribution >= 4 is 98.1 Å². The average molecular weight is 675 g/mol. The predicted molar refractivity (Wildman–Crippen MR) is 204 cm³/mol. The minimum Gasteiger partial charge on any atom is -0.386 e. The van der Waals surface area contributed by atoms with Crippen LogP contribution in [0.1, 0.15) is 43.0 Å². The molecule has 0 radical (unpaired) electrons. The second-order valence-corrected chi connectivity index (χ2v) is 13.0. The summed E-state index contributed by atoms with van der Waals surface area (Å²) in [6.45, 7) is 0. The van der Waals surface area contributed by atoms with E-state index in [4.69, 9.17) is 4.74 Å². The van der Waals surface area contributed by atoms with Crippen molar-refractivity contribution in [3.8, 4) is 24.3 Å². The fraction of sp³-hybridized carbons (Fsp3) is 0. The highest BCUT2D eigenvalue weighted by Gasteiger charge is 2.32. The van der Waals surface area contributed by atoms with Crippen LogP contribution in [0, 0.1) is 45.3 Å². The molecule has 10 rings (SSSR count). The van der Waals surface area contributed by atoms with Crippen LogP contribution in [0.5, 0.6) is 0 Å². The molecular formula is C46H18N4O3. The first-order valence-corrected chi connectivity index (χ1v) is 16.7. The number of benzene rings is 10. The van der Waals surface area contributed by atoms with Crippen LogP contribution in [-0.2, 0) is 4.74 Å². The number of nitrogens with zero attached hydrogens (tertiary/aromatic N) is 4. The molecule has 0 heterocycles. The molecule has 53 heavy (non-hydrogen) atoms. The number of esters is 2. The number of carbonyl (C=O) groups excluding carboxylic acids is 2. The standard InChI is InChI=1S/C46H18N4O3/c47-19-33-29-15-5-13-27-25-11-1-7-23-9-3-17-31(37(23)25)41(39(27)29)43(35(33)21-49)45(51)53-46(52)44-36(22-50)34(20-48)30-16-6-14-28-26-12-2-8-24-10-4-18-32(38(24)26)42(44)40(28)30/h1-18H. The Morgan fingerprint density at radius 1 is 0.358 bits per heavy atom. The molecule has 7 heteroatoms. The molecule has 0 unspecified atom stereocenters. The van der Waals surface area contributed by atoms with E-state index in [2.05, 4.69) is 24.3 Å². The number of hydrogen-bond donors (Lipinski definition) is 0. The Balaban J connectivity index is 1.30. The second kappa shape index (κ2) is 10.7. The van der Waals surface area contributed by atoms with E-state index in [1.165, 1.54) is 0 Å². The van der Waals surface area contributed by atoms with Gasteiger partial charge in [0.05, 0.1) is 33.4 Å². The van der Waals surface area contributed by atoms with Gasteiger partial charge in [-0.05, 0) is 64.6 Å². The SMILES string of the molecule is N#Cc1c(C#N)c2cccc3c4cccc5cccc(c(c1C(=O)OC(=O)c1c(C#N)c(C#N)c6cccc7c8cccc9cccc(c1c67)c98)c23)c54. The molecule has 0 spiro atoms. The largest absolute Gasteiger partial charge is 0.386 e. The molecule has 10 aromatic rings. The van der Waals surface area contributed by atoms with Crippen LogP contribution in [-0.4, -0.2) is 11.9 Å². The van der Waals surface area contributed by atoms with Crippen molar-refractivity contribution in [2.75, 3.05) is 0 Å². The Hall–Kier alpha value is -8.10. The highest BCUT2D eigenvalue weighted by atomic mass is 16.6. The van der Waals surface area contributed by atoms with Crippen molar-refractivity contribution in [2.24, 2.45) is 0 Å². The molecule has 0 aliphatic carbocycles. The van der Waals surface area contributed by atoms with Gasteiger partial charge in [-0.1, -0.05) is 109 Å². The maximum atomic E-state index is 14.7. The molecule has 0 fully saturated rings. The van der Waals surface area contributed by atoms with E-state index in [0.29, 0.717) is 43.1 Å². The van der Waals surface area contributed by atoms with E-state index in [0.717, 1.165) is 43.1 Å². The quantitative estimate of drug-likeness (QED) is 0.0769. The van der Waals surface area contributed by atoms with Crippen molar-refractivity contribution in [3.05, 3.63) is 143 Å². The van der Waals surface area contributed by atoms with Crippen molar-refractivity contribution < 1.29 is 14.3 Å². The maximum Gasteiger partial charge on any atom is 0.348 e. The van der Waals surface area contributed by atoms with Crippen molar-refractivity contribution in [1.29, 1.82) is 21.0 Å². The Morgan fingerprint density at radius 2 is 0.660 bits per heavy atom. The summed E-state index contributed by atoms with van der Waals surface area (Å²) in [5.74, 6) is -2.30. The van der Waals surface area contributed by atoms with E-state index in [-0.39, 0.29) is 33.4 Å². The average Bonchev–Trinajstić information content (AvgIpc) is 3.20. The van der Waals surface area contributed by atoms with Crippen LogP contribution < -0.4 is 0 Å². The molecule has 7 nitrogen and oxygen atoms in total. The number of ether oxygens (including phenoxy) is 1. The Kier molecular flexibility index (Phi) is 6.01. The fourth-order valence-electron chi connectivity index (χ4n) is 8.66. The lowest BCUT2D eigenvalue weighted by Gasteiger charge is -2.20. The summed E-state index contributed by atoms with van der Waals surface area (Å²) in [5.41, 5.74) is -0.919. The summed E-state index contributed by atoms with van der Waals surface area (Å²) in [6.07, 6.45) is 0. The number of hydrogen-bond acceptors (Lipinski definition) is 7. The van der Waals surface area contributed by atoms with E-state index < -0.39 is 11.9 Å². The summed E-state index contributed by atoms with van der Waals surface area (Å²) >= 11 is 0. The molecule has 0 atom stereocenters. The molecule has 0 aliphatic rings. The predicted octanol–water partition coefficient (Wildman–Crippen LogP) is 10.3. The first-order chi connectivity index (χ1) is 26.0. The third-order valence-corrected chi connectivity index (χ3v) is 10.6. The van der Waals surface area contributed by atoms with E-state index in [9.17, 15) is 30.6 Å². The monoisotopic (exact) mass is 674 g/mol. The topological polar surface area (TPSA) is 139 Å². The highest BCUT2D eigenvalue weighted by Crippen LogP contribution is 2.46. The van der Waals surface area contributed by atoms with Crippen LogP contribution in [0.2, 0.25) is 0 Å². The lowest BCUT2D eigenvalue weighted by molar-refractivity contribution is 0.0400. The van der Waals surface area contributed by atoms with Gasteiger partial charge >= 0.3 is 11.9 Å². The van der Waals surface area contributed by atoms with Gasteiger partial charge in [0.15, 0.2) is 0 Å². The lowest BCUT2D eigenvalue weighted by atomic mass is 9.83. The number of fused-ring (bicyclic) bond motifs is 4. The van der Waals surface area contributed by atoms with Gasteiger partial charge in [-0.25, -0.2) is 9.59 Å². The molecule has 10 aromatic carbocycles. The Morgan fingerprint density at radius 3 is 1.02 bits per heavy atom. The van der Waals surface area contributed by atoms with Gasteiger partial charge in [-0.2, -0.15) is 21.0 Å². The minimum atomic E-state index is -1.15. The fourth-order valence-corrected chi connectivity index (χ4v) is 8.66. The Bertz CT molecular complexity index is 3270. The van der Waals surface area contributed by atoms with Crippen LogP contribution in [0.25, 0.3) is 86.2 Å². The van der Waals surface area contributed by atoms with Gasteiger partial charge in [0.25, 0.3) is 0 Å². The number of rotatable bonds is 2.